The molecule has 0 unspecified atom stereocenters. The Kier molecular flexibility index (Phi) is 4.04. The highest BCUT2D eigenvalue weighted by atomic mass is 79.9. The van der Waals surface area contributed by atoms with Gasteiger partial charge in [0.2, 0.25) is 5.28 Å². The number of halogens is 2. The highest BCUT2D eigenvalue weighted by Gasteiger charge is 2.05. The first-order valence-corrected chi connectivity index (χ1v) is 6.37. The van der Waals surface area contributed by atoms with E-state index in [1.165, 1.54) is 0 Å². The number of aryl methyl sites for hydroxylation is 1. The standard InChI is InChI=1S/C12H11BrClN3O/c1-7-6-15-12(14)17-11(7)16-8-3-4-10(18-2)9(13)5-8/h3-6H,1-2H3,(H,15,16,17). The Morgan fingerprint density at radius 2 is 2.17 bits per heavy atom. The zero-order valence-corrected chi connectivity index (χ0v) is 12.2. The van der Waals surface area contributed by atoms with E-state index in [-0.39, 0.29) is 5.28 Å². The minimum absolute atomic E-state index is 0.218. The van der Waals surface area contributed by atoms with Crippen molar-refractivity contribution in [3.05, 3.63) is 39.7 Å². The highest BCUT2D eigenvalue weighted by Crippen LogP contribution is 2.29. The summed E-state index contributed by atoms with van der Waals surface area (Å²) in [5, 5.41) is 3.40. The third-order valence-electron chi connectivity index (χ3n) is 2.36. The van der Waals surface area contributed by atoms with Crippen LogP contribution in [-0.4, -0.2) is 17.1 Å². The lowest BCUT2D eigenvalue weighted by Gasteiger charge is -2.10. The lowest BCUT2D eigenvalue weighted by molar-refractivity contribution is 0.412. The van der Waals surface area contributed by atoms with Gasteiger partial charge < -0.3 is 10.1 Å². The summed E-state index contributed by atoms with van der Waals surface area (Å²) in [6, 6.07) is 5.68. The number of ether oxygens (including phenoxy) is 1. The van der Waals surface area contributed by atoms with Crippen LogP contribution >= 0.6 is 27.5 Å². The molecule has 0 fully saturated rings. The van der Waals surface area contributed by atoms with Crippen LogP contribution < -0.4 is 10.1 Å². The van der Waals surface area contributed by atoms with Crippen molar-refractivity contribution in [2.24, 2.45) is 0 Å². The van der Waals surface area contributed by atoms with Crippen LogP contribution in [0.4, 0.5) is 11.5 Å². The van der Waals surface area contributed by atoms with Gasteiger partial charge in [0.25, 0.3) is 0 Å². The maximum atomic E-state index is 5.77. The van der Waals surface area contributed by atoms with Crippen molar-refractivity contribution in [3.63, 3.8) is 0 Å². The van der Waals surface area contributed by atoms with Gasteiger partial charge in [0, 0.05) is 17.4 Å². The molecule has 1 N–H and O–H groups in total. The maximum Gasteiger partial charge on any atom is 0.224 e. The minimum Gasteiger partial charge on any atom is -0.496 e. The van der Waals surface area contributed by atoms with E-state index in [0.717, 1.165) is 21.5 Å². The van der Waals surface area contributed by atoms with Gasteiger partial charge in [-0.25, -0.2) is 9.97 Å². The maximum absolute atomic E-state index is 5.77. The summed E-state index contributed by atoms with van der Waals surface area (Å²) in [5.41, 5.74) is 1.81. The number of nitrogens with one attached hydrogen (secondary N) is 1. The summed E-state index contributed by atoms with van der Waals surface area (Å²) in [7, 11) is 1.63. The molecule has 2 aromatic rings. The lowest BCUT2D eigenvalue weighted by Crippen LogP contribution is -1.98. The van der Waals surface area contributed by atoms with Gasteiger partial charge in [-0.15, -0.1) is 0 Å². The second-order valence-corrected chi connectivity index (χ2v) is 4.84. The fourth-order valence-corrected chi connectivity index (χ4v) is 2.10. The van der Waals surface area contributed by atoms with E-state index in [2.05, 4.69) is 31.2 Å². The van der Waals surface area contributed by atoms with Crippen molar-refractivity contribution in [2.45, 2.75) is 6.92 Å². The van der Waals surface area contributed by atoms with E-state index < -0.39 is 0 Å². The van der Waals surface area contributed by atoms with Crippen molar-refractivity contribution < 1.29 is 4.74 Å². The molecular weight excluding hydrogens is 318 g/mol. The van der Waals surface area contributed by atoms with Gasteiger partial charge in [-0.05, 0) is 52.7 Å². The molecule has 0 atom stereocenters. The van der Waals surface area contributed by atoms with E-state index in [1.54, 1.807) is 13.3 Å². The molecule has 1 aromatic carbocycles. The SMILES string of the molecule is COc1ccc(Nc2nc(Cl)ncc2C)cc1Br. The lowest BCUT2D eigenvalue weighted by atomic mass is 10.3. The van der Waals surface area contributed by atoms with Gasteiger partial charge >= 0.3 is 0 Å². The molecule has 4 nitrogen and oxygen atoms in total. The third kappa shape index (κ3) is 2.91. The number of aromatic nitrogens is 2. The number of methoxy groups -OCH3 is 1. The fourth-order valence-electron chi connectivity index (χ4n) is 1.43. The Hall–Kier alpha value is -1.33. The zero-order valence-electron chi connectivity index (χ0n) is 9.87. The van der Waals surface area contributed by atoms with Gasteiger partial charge in [0.15, 0.2) is 0 Å². The Morgan fingerprint density at radius 1 is 1.39 bits per heavy atom. The number of nitrogens with zero attached hydrogens (tertiary/aromatic N) is 2. The molecule has 0 aliphatic rings. The van der Waals surface area contributed by atoms with Crippen molar-refractivity contribution in [1.82, 2.24) is 9.97 Å². The quantitative estimate of drug-likeness (QED) is 0.867. The molecule has 18 heavy (non-hydrogen) atoms. The van der Waals surface area contributed by atoms with E-state index in [9.17, 15) is 0 Å². The van der Waals surface area contributed by atoms with Crippen LogP contribution in [0.3, 0.4) is 0 Å². The molecule has 0 aliphatic carbocycles. The monoisotopic (exact) mass is 327 g/mol. The fraction of sp³-hybridized carbons (Fsp3) is 0.167. The predicted octanol–water partition coefficient (Wildman–Crippen LogP) is 3.95. The van der Waals surface area contributed by atoms with Crippen LogP contribution in [-0.2, 0) is 0 Å². The van der Waals surface area contributed by atoms with Crippen LogP contribution in [0.5, 0.6) is 5.75 Å². The molecule has 0 saturated heterocycles. The van der Waals surface area contributed by atoms with Gasteiger partial charge in [-0.1, -0.05) is 0 Å². The number of hydrogen-bond donors (Lipinski definition) is 1. The van der Waals surface area contributed by atoms with Crippen molar-refractivity contribution in [2.75, 3.05) is 12.4 Å². The molecule has 2 rings (SSSR count). The molecule has 0 radical (unpaired) electrons. The largest absolute Gasteiger partial charge is 0.496 e. The average Bonchev–Trinajstić information content (AvgIpc) is 2.34. The van der Waals surface area contributed by atoms with Gasteiger partial charge in [0.05, 0.1) is 11.6 Å². The summed E-state index contributed by atoms with van der Waals surface area (Å²) >= 11 is 9.20. The number of rotatable bonds is 3. The molecule has 0 amide bonds. The van der Waals surface area contributed by atoms with Crippen molar-refractivity contribution >= 4 is 39.0 Å². The van der Waals surface area contributed by atoms with Crippen LogP contribution in [0, 0.1) is 6.92 Å². The van der Waals surface area contributed by atoms with Crippen LogP contribution in [0.1, 0.15) is 5.56 Å². The first kappa shape index (κ1) is 13.1. The van der Waals surface area contributed by atoms with Crippen LogP contribution in [0.15, 0.2) is 28.9 Å². The summed E-state index contributed by atoms with van der Waals surface area (Å²) in [5.74, 6) is 1.46. The smallest absolute Gasteiger partial charge is 0.224 e. The van der Waals surface area contributed by atoms with Gasteiger partial charge in [0.1, 0.15) is 11.6 Å². The van der Waals surface area contributed by atoms with E-state index in [4.69, 9.17) is 16.3 Å². The second-order valence-electron chi connectivity index (χ2n) is 3.64. The third-order valence-corrected chi connectivity index (χ3v) is 3.16. The predicted molar refractivity (Wildman–Crippen MR) is 75.8 cm³/mol. The Labute approximate surface area is 118 Å². The molecule has 94 valence electrons. The highest BCUT2D eigenvalue weighted by molar-refractivity contribution is 9.10. The first-order valence-electron chi connectivity index (χ1n) is 5.20. The molecule has 1 heterocycles. The minimum atomic E-state index is 0.218. The molecule has 1 aromatic heterocycles. The summed E-state index contributed by atoms with van der Waals surface area (Å²) in [4.78, 5) is 8.05. The Balaban J connectivity index is 2.28. The number of hydrogen-bond acceptors (Lipinski definition) is 4. The van der Waals surface area contributed by atoms with Crippen molar-refractivity contribution in [3.8, 4) is 5.75 Å². The normalized spacial score (nSPS) is 10.2. The summed E-state index contributed by atoms with van der Waals surface area (Å²) in [6.45, 7) is 1.91. The van der Waals surface area contributed by atoms with E-state index in [1.807, 2.05) is 25.1 Å². The van der Waals surface area contributed by atoms with Gasteiger partial charge in [-0.2, -0.15) is 0 Å². The van der Waals surface area contributed by atoms with Crippen LogP contribution in [0.25, 0.3) is 0 Å². The zero-order chi connectivity index (χ0) is 13.1. The molecule has 0 bridgehead atoms. The molecular formula is C12H11BrClN3O. The van der Waals surface area contributed by atoms with E-state index >= 15 is 0 Å². The molecule has 6 heteroatoms. The number of anilines is 2. The summed E-state index contributed by atoms with van der Waals surface area (Å²) < 4.78 is 6.04. The molecule has 0 saturated carbocycles. The first-order chi connectivity index (χ1) is 8.60. The van der Waals surface area contributed by atoms with Gasteiger partial charge in [-0.3, -0.25) is 0 Å². The second kappa shape index (κ2) is 5.54. The topological polar surface area (TPSA) is 47.0 Å². The Bertz CT molecular complexity index is 577. The summed E-state index contributed by atoms with van der Waals surface area (Å²) in [6.07, 6.45) is 1.68. The van der Waals surface area contributed by atoms with E-state index in [0.29, 0.717) is 5.82 Å². The van der Waals surface area contributed by atoms with Crippen LogP contribution in [0.2, 0.25) is 5.28 Å². The average molecular weight is 329 g/mol. The van der Waals surface area contributed by atoms with Crippen molar-refractivity contribution in [1.29, 1.82) is 0 Å². The Morgan fingerprint density at radius 3 is 2.83 bits per heavy atom. The molecule has 0 aliphatic heterocycles. The molecule has 0 spiro atoms. The number of benzene rings is 1.